The number of nitrogens with one attached hydrogen (secondary N) is 13. The van der Waals surface area contributed by atoms with E-state index in [0.717, 1.165) is 4.90 Å². The summed E-state index contributed by atoms with van der Waals surface area (Å²) in [6, 6.07) is 13.1. The van der Waals surface area contributed by atoms with Crippen molar-refractivity contribution in [2.75, 3.05) is 67.6 Å². The fourth-order valence-electron chi connectivity index (χ4n) is 12.9. The Hall–Kier alpha value is -11.5. The van der Waals surface area contributed by atoms with E-state index >= 15 is 19.2 Å². The molecule has 0 bridgehead atoms. The van der Waals surface area contributed by atoms with Gasteiger partial charge in [0.15, 0.2) is 5.82 Å². The number of nitrogens with zero attached hydrogens (tertiary/aromatic N) is 8. The zero-order valence-corrected chi connectivity index (χ0v) is 70.4. The maximum atomic E-state index is 15.8. The van der Waals surface area contributed by atoms with Crippen molar-refractivity contribution in [3.63, 3.8) is 0 Å². The molecule has 0 aliphatic carbocycles. The first-order valence-corrected chi connectivity index (χ1v) is 40.6. The van der Waals surface area contributed by atoms with E-state index in [2.05, 4.69) is 94.0 Å². The van der Waals surface area contributed by atoms with E-state index in [1.807, 2.05) is 69.2 Å². The van der Waals surface area contributed by atoms with Gasteiger partial charge in [0, 0.05) is 112 Å². The van der Waals surface area contributed by atoms with Crippen molar-refractivity contribution in [1.82, 2.24) is 87.6 Å². The van der Waals surface area contributed by atoms with Crippen molar-refractivity contribution in [2.24, 2.45) is 11.7 Å². The highest BCUT2D eigenvalue weighted by Gasteiger charge is 2.40. The Balaban J connectivity index is 1.28. The number of halogens is 1. The summed E-state index contributed by atoms with van der Waals surface area (Å²) < 4.78 is 0. The van der Waals surface area contributed by atoms with Gasteiger partial charge in [-0.1, -0.05) is 106 Å². The molecular formula is C83H117ClN22O12. The van der Waals surface area contributed by atoms with Crippen molar-refractivity contribution in [3.05, 3.63) is 131 Å². The van der Waals surface area contributed by atoms with Crippen LogP contribution in [0.2, 0.25) is 5.02 Å². The quantitative estimate of drug-likeness (QED) is 0.0241. The van der Waals surface area contributed by atoms with Crippen LogP contribution >= 0.6 is 11.6 Å². The molecule has 4 heterocycles. The van der Waals surface area contributed by atoms with Gasteiger partial charge in [-0.15, -0.1) is 0 Å². The van der Waals surface area contributed by atoms with Crippen molar-refractivity contribution >= 4 is 100 Å². The van der Waals surface area contributed by atoms with Crippen LogP contribution in [0.3, 0.4) is 0 Å². The van der Waals surface area contributed by atoms with Crippen LogP contribution in [0.15, 0.2) is 103 Å². The first-order chi connectivity index (χ1) is 56.2. The Bertz CT molecular complexity index is 4350. The van der Waals surface area contributed by atoms with Crippen LogP contribution in [0.25, 0.3) is 22.6 Å². The molecule has 1 aliphatic rings. The van der Waals surface area contributed by atoms with Crippen molar-refractivity contribution in [1.29, 1.82) is 0 Å². The number of aliphatic hydroxyl groups is 1. The van der Waals surface area contributed by atoms with Crippen LogP contribution in [0, 0.1) is 5.92 Å². The molecule has 35 heteroatoms. The molecule has 34 nitrogen and oxygen atoms in total. The molecule has 0 unspecified atom stereocenters. The standard InChI is InChI=1S/C83H117ClN22O12/c1-14-87-69-43-61(100-82(101-69)90-49(7)8)57-29-23-53(24-30-57)40-65(98-78(116)67(46-107)99-77(115)66(42-56-20-18-35-86-44-56)97-74(112)63(39-55-27-33-59(84)34-28-55)93-70(109)45-105(13)52(12)108)76(114)96-64(41-54-25-31-58(32-26-54)72-102-81(88-15-2)104-83(103-72)91-50(9)10)75(113)95-62(38-47(3)4)73(111)94-60(21-16-17-36-89-48(5)6)80(118)106-37-19-22-68(106)79(117)92-51(11)71(85)110/h18,20,23-35,43-44,47-51,60,62-68,89,107H,14-17,19,21-22,36-42,45-46H2,1-13H3,(H2,85,110)(H,92,117)(H,93,109)(H,94,111)(H,95,113)(H,96,114)(H,97,112)(H,98,116)(H,99,115)(H2,87,90,100,101)(H2,88,91,102,103,104)/t51-,60-,62-,63-,64-,65-,66-,67-,68-/m0/s1. The second-order valence-corrected chi connectivity index (χ2v) is 31.2. The number of nitrogens with two attached hydrogens (primary N) is 1. The number of hydrogen-bond donors (Lipinski definition) is 15. The summed E-state index contributed by atoms with van der Waals surface area (Å²) in [6.07, 6.45) is 4.07. The largest absolute Gasteiger partial charge is 0.394 e. The molecule has 0 saturated carbocycles. The molecule has 16 N–H and O–H groups in total. The molecule has 1 fully saturated rings. The minimum absolute atomic E-state index is 0.0133. The van der Waals surface area contributed by atoms with Gasteiger partial charge < -0.3 is 89.8 Å². The first-order valence-electron chi connectivity index (χ1n) is 40.2. The Morgan fingerprint density at radius 1 is 0.559 bits per heavy atom. The number of unbranched alkanes of at least 4 members (excludes halogenated alkanes) is 1. The van der Waals surface area contributed by atoms with Gasteiger partial charge in [0.1, 0.15) is 60.2 Å². The number of anilines is 4. The smallest absolute Gasteiger partial charge is 0.245 e. The lowest BCUT2D eigenvalue weighted by Crippen LogP contribution is -2.61. The number of carbonyl (C=O) groups is 11. The third-order valence-electron chi connectivity index (χ3n) is 19.1. The van der Waals surface area contributed by atoms with E-state index < -0.39 is 133 Å². The lowest BCUT2D eigenvalue weighted by Gasteiger charge is -2.31. The number of amides is 11. The number of aliphatic hydroxyl groups excluding tert-OH is 1. The van der Waals surface area contributed by atoms with E-state index in [4.69, 9.17) is 22.3 Å². The zero-order valence-electron chi connectivity index (χ0n) is 69.6. The monoisotopic (exact) mass is 1650 g/mol. The second kappa shape index (κ2) is 46.4. The summed E-state index contributed by atoms with van der Waals surface area (Å²) in [7, 11) is 1.41. The minimum Gasteiger partial charge on any atom is -0.394 e. The topological polar surface area (TPSA) is 474 Å². The summed E-state index contributed by atoms with van der Waals surface area (Å²) in [6.45, 7) is 22.4. The number of pyridine rings is 1. The van der Waals surface area contributed by atoms with Crippen molar-refractivity contribution < 1.29 is 57.8 Å². The van der Waals surface area contributed by atoms with Gasteiger partial charge >= 0.3 is 0 Å². The number of carbonyl (C=O) groups excluding carboxylic acids is 11. The van der Waals surface area contributed by atoms with Crippen LogP contribution in [-0.2, 0) is 78.4 Å². The Morgan fingerprint density at radius 2 is 1.06 bits per heavy atom. The highest BCUT2D eigenvalue weighted by Crippen LogP contribution is 2.26. The summed E-state index contributed by atoms with van der Waals surface area (Å²) in [5, 5.41) is 49.9. The highest BCUT2D eigenvalue weighted by atomic mass is 35.5. The molecule has 1 aliphatic heterocycles. The van der Waals surface area contributed by atoms with Crippen molar-refractivity contribution in [3.8, 4) is 22.6 Å². The average Bonchev–Trinajstić information content (AvgIpc) is 1.05. The second-order valence-electron chi connectivity index (χ2n) is 30.7. The van der Waals surface area contributed by atoms with E-state index in [1.165, 1.54) is 38.2 Å². The van der Waals surface area contributed by atoms with E-state index in [0.29, 0.717) is 112 Å². The molecule has 6 aromatic rings. The SMILES string of the molecule is CCNc1cc(-c2ccc(C[C@H](NC(=O)[C@H](CO)NC(=O)[C@H](Cc3cccnc3)NC(=O)[C@H](Cc3ccc(Cl)cc3)NC(=O)CN(C)C(C)=O)C(=O)N[C@@H](Cc3ccc(-c4nc(NCC)nc(NC(C)C)n4)cc3)C(=O)N[C@@H](CC(C)C)C(=O)N[C@@H](CCCCNC(C)C)C(=O)N3CCC[C@H]3C(=O)N[C@@H](C)C(N)=O)cc2)nc(NC(C)C)n1. The van der Waals surface area contributed by atoms with Crippen molar-refractivity contribution in [2.45, 2.75) is 220 Å². The summed E-state index contributed by atoms with van der Waals surface area (Å²) in [5.41, 5.74) is 9.24. The Kier molecular flexibility index (Phi) is 36.8. The molecular weight excluding hydrogens is 1530 g/mol. The molecule has 0 radical (unpaired) electrons. The Labute approximate surface area is 694 Å². The molecule has 9 atom stereocenters. The fourth-order valence-corrected chi connectivity index (χ4v) is 13.0. The van der Waals surface area contributed by atoms with Gasteiger partial charge in [0.2, 0.25) is 82.8 Å². The van der Waals surface area contributed by atoms with Gasteiger partial charge in [0.25, 0.3) is 0 Å². The van der Waals surface area contributed by atoms with Crippen LogP contribution in [0.4, 0.5) is 23.7 Å². The zero-order chi connectivity index (χ0) is 86.3. The van der Waals surface area contributed by atoms with Crippen LogP contribution in [0.1, 0.15) is 144 Å². The molecule has 3 aromatic carbocycles. The number of benzene rings is 3. The predicted octanol–water partition coefficient (Wildman–Crippen LogP) is 3.88. The predicted molar refractivity (Wildman–Crippen MR) is 451 cm³/mol. The number of likely N-dealkylation sites (N-methyl/N-ethyl adjacent to an activating group) is 1. The molecule has 638 valence electrons. The summed E-state index contributed by atoms with van der Waals surface area (Å²) in [4.78, 5) is 188. The molecule has 7 rings (SSSR count). The minimum atomic E-state index is -1.84. The van der Waals surface area contributed by atoms with Gasteiger partial charge in [-0.3, -0.25) is 57.7 Å². The summed E-state index contributed by atoms with van der Waals surface area (Å²) >= 11 is 6.21. The number of aromatic nitrogens is 6. The van der Waals surface area contributed by atoms with Crippen LogP contribution in [-0.4, -0.2) is 229 Å². The van der Waals surface area contributed by atoms with Crippen LogP contribution < -0.4 is 74.9 Å². The average molecular weight is 1650 g/mol. The lowest BCUT2D eigenvalue weighted by atomic mass is 9.98. The number of likely N-dealkylation sites (tertiary alicyclic amines) is 1. The third-order valence-corrected chi connectivity index (χ3v) is 19.3. The Morgan fingerprint density at radius 3 is 1.58 bits per heavy atom. The van der Waals surface area contributed by atoms with E-state index in [-0.39, 0.29) is 75.5 Å². The highest BCUT2D eigenvalue weighted by molar-refractivity contribution is 6.30. The van der Waals surface area contributed by atoms with Gasteiger partial charge in [0.05, 0.1) is 18.8 Å². The molecule has 3 aromatic heterocycles. The van der Waals surface area contributed by atoms with Crippen LogP contribution in [0.5, 0.6) is 0 Å². The fraction of sp³-hybridized carbons (Fsp3) is 0.506. The van der Waals surface area contributed by atoms with E-state index in [9.17, 15) is 38.7 Å². The number of hydrogen-bond acceptors (Lipinski definition) is 23. The van der Waals surface area contributed by atoms with Gasteiger partial charge in [-0.25, -0.2) is 4.98 Å². The molecule has 118 heavy (non-hydrogen) atoms. The normalized spacial score (nSPS) is 14.6. The summed E-state index contributed by atoms with van der Waals surface area (Å²) in [5.74, 6) is -6.84. The molecule has 0 spiro atoms. The maximum absolute atomic E-state index is 15.8. The maximum Gasteiger partial charge on any atom is 0.245 e. The number of rotatable bonds is 46. The molecule has 11 amide bonds. The third kappa shape index (κ3) is 30.2. The molecule has 1 saturated heterocycles. The van der Waals surface area contributed by atoms with Gasteiger partial charge in [-0.05, 0) is 140 Å². The number of primary amides is 1. The lowest BCUT2D eigenvalue weighted by molar-refractivity contribution is -0.142. The first kappa shape index (κ1) is 93.6. The van der Waals surface area contributed by atoms with Gasteiger partial charge in [-0.2, -0.15) is 19.9 Å². The van der Waals surface area contributed by atoms with E-state index in [1.54, 1.807) is 91.0 Å².